The topological polar surface area (TPSA) is 76.7 Å². The van der Waals surface area contributed by atoms with Gasteiger partial charge in [0.2, 0.25) is 6.10 Å². The third-order valence-electron chi connectivity index (χ3n) is 3.53. The van der Waals surface area contributed by atoms with Crippen molar-refractivity contribution >= 4 is 34.4 Å². The maximum atomic E-state index is 12.1. The molecule has 1 aliphatic rings. The maximum absolute atomic E-state index is 12.1. The molecular weight excluding hydrogens is 423 g/mol. The van der Waals surface area contributed by atoms with E-state index in [9.17, 15) is 9.59 Å². The summed E-state index contributed by atoms with van der Waals surface area (Å²) in [7, 11) is 0. The lowest BCUT2D eigenvalue weighted by atomic mass is 10.1. The first kappa shape index (κ1) is 16.6. The molecule has 1 atom stereocenters. The van der Waals surface area contributed by atoms with Gasteiger partial charge >= 0.3 is 0 Å². The van der Waals surface area contributed by atoms with E-state index in [1.165, 1.54) is 0 Å². The van der Waals surface area contributed by atoms with Gasteiger partial charge in [-0.15, -0.1) is 0 Å². The van der Waals surface area contributed by atoms with Crippen molar-refractivity contribution in [2.24, 2.45) is 0 Å². The summed E-state index contributed by atoms with van der Waals surface area (Å²) in [5.74, 6) is 0.237. The van der Waals surface area contributed by atoms with Gasteiger partial charge in [0, 0.05) is 9.13 Å². The summed E-state index contributed by atoms with van der Waals surface area (Å²) in [5, 5.41) is 0. The van der Waals surface area contributed by atoms with E-state index in [4.69, 9.17) is 9.47 Å². The highest BCUT2D eigenvalue weighted by atomic mass is 127. The first-order valence-corrected chi connectivity index (χ1v) is 8.37. The number of rotatable bonds is 2. The second-order valence-electron chi connectivity index (χ2n) is 5.27. The lowest BCUT2D eigenvalue weighted by molar-refractivity contribution is -0.131. The van der Waals surface area contributed by atoms with Gasteiger partial charge in [-0.05, 0) is 59.3 Å². The number of hydrogen-bond acceptors (Lipinski definition) is 4. The smallest absolute Gasteiger partial charge is 0.283 e. The van der Waals surface area contributed by atoms with Crippen molar-refractivity contribution in [3.8, 4) is 11.5 Å². The van der Waals surface area contributed by atoms with Crippen molar-refractivity contribution in [3.05, 3.63) is 57.2 Å². The standard InChI is InChI=1S/C17H15IN2O4/c1-10-6-7-11(8-12(10)18)16(21)19-20-17(22)15-9-23-13-4-2-3-5-14(13)24-15/h2-8,15H,9H2,1H3,(H,19,21)(H,20,22). The molecule has 2 amide bonds. The van der Waals surface area contributed by atoms with Gasteiger partial charge in [0.25, 0.3) is 11.8 Å². The summed E-state index contributed by atoms with van der Waals surface area (Å²) in [6.07, 6.45) is -0.821. The number of halogens is 1. The highest BCUT2D eigenvalue weighted by Gasteiger charge is 2.27. The van der Waals surface area contributed by atoms with Crippen molar-refractivity contribution in [1.82, 2.24) is 10.9 Å². The van der Waals surface area contributed by atoms with Gasteiger partial charge < -0.3 is 9.47 Å². The first-order valence-electron chi connectivity index (χ1n) is 7.29. The van der Waals surface area contributed by atoms with Crippen LogP contribution in [0.25, 0.3) is 0 Å². The normalized spacial score (nSPS) is 15.5. The van der Waals surface area contributed by atoms with Crippen LogP contribution in [0.2, 0.25) is 0 Å². The molecule has 24 heavy (non-hydrogen) atoms. The molecule has 0 spiro atoms. The van der Waals surface area contributed by atoms with Gasteiger partial charge in [0.05, 0.1) is 0 Å². The van der Waals surface area contributed by atoms with Crippen LogP contribution in [-0.4, -0.2) is 24.5 Å². The van der Waals surface area contributed by atoms with Crippen molar-refractivity contribution in [2.75, 3.05) is 6.61 Å². The minimum Gasteiger partial charge on any atom is -0.485 e. The third-order valence-corrected chi connectivity index (χ3v) is 4.70. The van der Waals surface area contributed by atoms with E-state index in [1.807, 2.05) is 19.1 Å². The fourth-order valence-electron chi connectivity index (χ4n) is 2.15. The Morgan fingerprint density at radius 3 is 2.62 bits per heavy atom. The molecule has 2 aromatic rings. The number of ether oxygens (including phenoxy) is 2. The zero-order valence-electron chi connectivity index (χ0n) is 12.8. The molecule has 6 nitrogen and oxygen atoms in total. The van der Waals surface area contributed by atoms with Crippen molar-refractivity contribution < 1.29 is 19.1 Å². The number of fused-ring (bicyclic) bond motifs is 1. The van der Waals surface area contributed by atoms with Crippen molar-refractivity contribution in [1.29, 1.82) is 0 Å². The minimum absolute atomic E-state index is 0.0845. The van der Waals surface area contributed by atoms with Crippen LogP contribution in [0.15, 0.2) is 42.5 Å². The van der Waals surface area contributed by atoms with E-state index in [0.29, 0.717) is 17.1 Å². The number of carbonyl (C=O) groups is 2. The molecule has 0 radical (unpaired) electrons. The predicted molar refractivity (Wildman–Crippen MR) is 95.9 cm³/mol. The third kappa shape index (κ3) is 3.61. The van der Waals surface area contributed by atoms with Gasteiger partial charge in [-0.2, -0.15) is 0 Å². The molecular formula is C17H15IN2O4. The number of hydrazine groups is 1. The Bertz CT molecular complexity index is 794. The second kappa shape index (κ2) is 7.08. The van der Waals surface area contributed by atoms with Crippen LogP contribution in [-0.2, 0) is 4.79 Å². The van der Waals surface area contributed by atoms with Gasteiger partial charge in [0.1, 0.15) is 6.61 Å². The second-order valence-corrected chi connectivity index (χ2v) is 6.43. The van der Waals surface area contributed by atoms with E-state index in [-0.39, 0.29) is 6.61 Å². The van der Waals surface area contributed by atoms with Gasteiger partial charge in [-0.1, -0.05) is 18.2 Å². The van der Waals surface area contributed by atoms with Crippen LogP contribution in [0.3, 0.4) is 0 Å². The van der Waals surface area contributed by atoms with Crippen LogP contribution < -0.4 is 20.3 Å². The molecule has 1 aliphatic heterocycles. The molecule has 0 bridgehead atoms. The van der Waals surface area contributed by atoms with E-state index in [2.05, 4.69) is 33.4 Å². The Morgan fingerprint density at radius 1 is 1.12 bits per heavy atom. The van der Waals surface area contributed by atoms with Crippen LogP contribution >= 0.6 is 22.6 Å². The van der Waals surface area contributed by atoms with Crippen LogP contribution in [0.4, 0.5) is 0 Å². The van der Waals surface area contributed by atoms with E-state index in [0.717, 1.165) is 9.13 Å². The van der Waals surface area contributed by atoms with Crippen molar-refractivity contribution in [2.45, 2.75) is 13.0 Å². The summed E-state index contributed by atoms with van der Waals surface area (Å²) >= 11 is 2.16. The summed E-state index contributed by atoms with van der Waals surface area (Å²) in [6.45, 7) is 2.05. The lowest BCUT2D eigenvalue weighted by Crippen LogP contribution is -2.50. The molecule has 0 aliphatic carbocycles. The van der Waals surface area contributed by atoms with Gasteiger partial charge in [-0.25, -0.2) is 0 Å². The summed E-state index contributed by atoms with van der Waals surface area (Å²) in [4.78, 5) is 24.2. The van der Waals surface area contributed by atoms with Crippen molar-refractivity contribution in [3.63, 3.8) is 0 Å². The van der Waals surface area contributed by atoms with Gasteiger partial charge in [-0.3, -0.25) is 20.4 Å². The minimum atomic E-state index is -0.821. The van der Waals surface area contributed by atoms with Crippen LogP contribution in [0, 0.1) is 10.5 Å². The van der Waals surface area contributed by atoms with Gasteiger partial charge in [0.15, 0.2) is 11.5 Å². The largest absolute Gasteiger partial charge is 0.485 e. The number of benzene rings is 2. The van der Waals surface area contributed by atoms with E-state index in [1.54, 1.807) is 30.3 Å². The molecule has 3 rings (SSSR count). The van der Waals surface area contributed by atoms with E-state index < -0.39 is 17.9 Å². The molecule has 124 valence electrons. The predicted octanol–water partition coefficient (Wildman–Crippen LogP) is 2.20. The highest BCUT2D eigenvalue weighted by molar-refractivity contribution is 14.1. The Hall–Kier alpha value is -2.29. The van der Waals surface area contributed by atoms with Crippen LogP contribution in [0.5, 0.6) is 11.5 Å². The summed E-state index contributed by atoms with van der Waals surface area (Å²) in [5.41, 5.74) is 6.31. The highest BCUT2D eigenvalue weighted by Crippen LogP contribution is 2.30. The van der Waals surface area contributed by atoms with E-state index >= 15 is 0 Å². The number of para-hydroxylation sites is 2. The molecule has 2 N–H and O–H groups in total. The fourth-order valence-corrected chi connectivity index (χ4v) is 2.67. The average molecular weight is 438 g/mol. The molecule has 0 saturated heterocycles. The summed E-state index contributed by atoms with van der Waals surface area (Å²) in [6, 6.07) is 12.4. The molecule has 0 saturated carbocycles. The average Bonchev–Trinajstić information content (AvgIpc) is 2.61. The molecule has 7 heteroatoms. The zero-order valence-corrected chi connectivity index (χ0v) is 15.0. The Morgan fingerprint density at radius 2 is 1.88 bits per heavy atom. The number of hydrogen-bond donors (Lipinski definition) is 2. The summed E-state index contributed by atoms with van der Waals surface area (Å²) < 4.78 is 12.0. The molecule has 1 heterocycles. The Labute approximate surface area is 152 Å². The lowest BCUT2D eigenvalue weighted by Gasteiger charge is -2.25. The maximum Gasteiger partial charge on any atom is 0.283 e. The molecule has 0 aromatic heterocycles. The monoisotopic (exact) mass is 438 g/mol. The molecule has 0 fully saturated rings. The number of amides is 2. The number of nitrogens with one attached hydrogen (secondary N) is 2. The Kier molecular flexibility index (Phi) is 4.89. The number of aryl methyl sites for hydroxylation is 1. The van der Waals surface area contributed by atoms with Crippen LogP contribution in [0.1, 0.15) is 15.9 Å². The Balaban J connectivity index is 1.58. The SMILES string of the molecule is Cc1ccc(C(=O)NNC(=O)C2COc3ccccc3O2)cc1I. The molecule has 2 aromatic carbocycles. The quantitative estimate of drug-likeness (QED) is 0.557. The first-order chi connectivity index (χ1) is 11.5. The zero-order chi connectivity index (χ0) is 17.1. The molecule has 1 unspecified atom stereocenters. The number of carbonyl (C=O) groups excluding carboxylic acids is 2. The fraction of sp³-hybridized carbons (Fsp3) is 0.176.